The van der Waals surface area contributed by atoms with Crippen molar-refractivity contribution in [2.75, 3.05) is 47.5 Å². The molecule has 0 aromatic rings. The minimum absolute atomic E-state index is 0.0284. The van der Waals surface area contributed by atoms with E-state index in [4.69, 9.17) is 18.5 Å². The maximum atomic E-state index is 12.9. The molecule has 0 aromatic heterocycles. The lowest BCUT2D eigenvalue weighted by molar-refractivity contribution is -0.870. The van der Waals surface area contributed by atoms with Crippen LogP contribution in [0.3, 0.4) is 0 Å². The van der Waals surface area contributed by atoms with E-state index in [1.807, 2.05) is 21.1 Å². The Labute approximate surface area is 593 Å². The molecule has 96 heavy (non-hydrogen) atoms. The number of quaternary nitrogens is 1. The molecule has 1 N–H and O–H groups in total. The van der Waals surface area contributed by atoms with Crippen LogP contribution >= 0.6 is 7.82 Å². The summed E-state index contributed by atoms with van der Waals surface area (Å²) in [7, 11) is 1.48. The second-order valence-corrected chi connectivity index (χ2v) is 28.8. The number of hydrogen-bond acceptors (Lipinski definition) is 7. The number of likely N-dealkylation sites (N-methyl/N-ethyl adjacent to an activating group) is 1. The number of hydrogen-bond donors (Lipinski definition) is 1. The van der Waals surface area contributed by atoms with Crippen molar-refractivity contribution in [1.82, 2.24) is 0 Å². The van der Waals surface area contributed by atoms with Crippen molar-refractivity contribution in [3.63, 3.8) is 0 Å². The Kier molecular flexibility index (Phi) is 71.9. The monoisotopic (exact) mass is 1360 g/mol. The van der Waals surface area contributed by atoms with Crippen molar-refractivity contribution in [3.8, 4) is 0 Å². The van der Waals surface area contributed by atoms with Crippen molar-refractivity contribution < 1.29 is 42.1 Å². The zero-order valence-corrected chi connectivity index (χ0v) is 63.7. The lowest BCUT2D eigenvalue weighted by atomic mass is 10.0. The summed E-state index contributed by atoms with van der Waals surface area (Å²) in [5.41, 5.74) is 0. The van der Waals surface area contributed by atoms with Gasteiger partial charge < -0.3 is 18.9 Å². The fourth-order valence-electron chi connectivity index (χ4n) is 10.9. The molecule has 0 aliphatic carbocycles. The number of carbonyl (C=O) groups excluding carboxylic acids is 2. The maximum absolute atomic E-state index is 12.9. The number of ether oxygens (including phenoxy) is 2. The average Bonchev–Trinajstić information content (AvgIpc) is 1.98. The Morgan fingerprint density at radius 3 is 0.833 bits per heavy atom. The van der Waals surface area contributed by atoms with E-state index in [0.29, 0.717) is 17.4 Å². The summed E-state index contributed by atoms with van der Waals surface area (Å²) in [6.07, 6.45) is 111. The van der Waals surface area contributed by atoms with E-state index >= 15 is 0 Å². The van der Waals surface area contributed by atoms with E-state index in [0.717, 1.165) is 116 Å². The second-order valence-electron chi connectivity index (χ2n) is 27.3. The van der Waals surface area contributed by atoms with Crippen LogP contribution in [0.5, 0.6) is 0 Å². The second kappa shape index (κ2) is 75.1. The molecule has 0 aliphatic rings. The predicted octanol–water partition coefficient (Wildman–Crippen LogP) is 26.5. The number of carbonyl (C=O) groups is 2. The summed E-state index contributed by atoms with van der Waals surface area (Å²) in [6, 6.07) is 0. The number of phosphoric ester groups is 1. The first-order valence-electron chi connectivity index (χ1n) is 39.6. The highest BCUT2D eigenvalue weighted by Crippen LogP contribution is 2.43. The topological polar surface area (TPSA) is 108 Å². The molecule has 10 heteroatoms. The first-order chi connectivity index (χ1) is 47.0. The summed E-state index contributed by atoms with van der Waals surface area (Å²) in [6.45, 7) is 4.23. The molecule has 0 saturated heterocycles. The third kappa shape index (κ3) is 78.9. The highest BCUT2D eigenvalue weighted by atomic mass is 31.2. The summed E-state index contributed by atoms with van der Waals surface area (Å²) in [5, 5.41) is 0. The van der Waals surface area contributed by atoms with Crippen molar-refractivity contribution in [2.45, 2.75) is 341 Å². The van der Waals surface area contributed by atoms with Gasteiger partial charge >= 0.3 is 19.8 Å². The van der Waals surface area contributed by atoms with Gasteiger partial charge in [0.2, 0.25) is 0 Å². The first kappa shape index (κ1) is 91.9. The fraction of sp³-hybridized carbons (Fsp3) is 0.698. The minimum atomic E-state index is -4.40. The van der Waals surface area contributed by atoms with Gasteiger partial charge in [-0.3, -0.25) is 18.6 Å². The van der Waals surface area contributed by atoms with Crippen molar-refractivity contribution in [2.24, 2.45) is 0 Å². The zero-order chi connectivity index (χ0) is 69.7. The van der Waals surface area contributed by atoms with Crippen LogP contribution in [0, 0.1) is 0 Å². The predicted molar refractivity (Wildman–Crippen MR) is 417 cm³/mol. The number of allylic oxidation sites excluding steroid dienone is 24. The highest BCUT2D eigenvalue weighted by molar-refractivity contribution is 7.47. The van der Waals surface area contributed by atoms with Crippen LogP contribution < -0.4 is 0 Å². The first-order valence-corrected chi connectivity index (χ1v) is 41.1. The maximum Gasteiger partial charge on any atom is 0.472 e. The molecule has 0 rings (SSSR count). The molecular formula is C86H149NO8P+. The Morgan fingerprint density at radius 2 is 0.562 bits per heavy atom. The SMILES string of the molecule is CC/C=C\C/C=C\C/C=C\C/C=C\C/C=C\C/C=C\C/C=C\CCCCCCCCCCCCCCCCCCCC(=O)OC(COC(=O)CCCCCCCCCCCCCCCCCCC/C=C\C/C=C\C/C=C\C/C=C\C/C=C\CC)COP(=O)(O)OCC[N+](C)(C)C. The number of rotatable bonds is 72. The molecule has 0 saturated carbocycles. The van der Waals surface area contributed by atoms with Gasteiger partial charge in [0.1, 0.15) is 19.8 Å². The largest absolute Gasteiger partial charge is 0.472 e. The van der Waals surface area contributed by atoms with E-state index in [-0.39, 0.29) is 32.0 Å². The van der Waals surface area contributed by atoms with Crippen LogP contribution in [0.15, 0.2) is 146 Å². The molecule has 550 valence electrons. The number of nitrogens with zero attached hydrogens (tertiary/aromatic N) is 1. The van der Waals surface area contributed by atoms with Gasteiger partial charge in [0.05, 0.1) is 27.7 Å². The van der Waals surface area contributed by atoms with Gasteiger partial charge in [-0.15, -0.1) is 0 Å². The van der Waals surface area contributed by atoms with Gasteiger partial charge in [0, 0.05) is 12.8 Å². The van der Waals surface area contributed by atoms with E-state index < -0.39 is 26.5 Å². The smallest absolute Gasteiger partial charge is 0.462 e. The van der Waals surface area contributed by atoms with E-state index in [9.17, 15) is 19.0 Å². The molecule has 0 bridgehead atoms. The molecule has 2 unspecified atom stereocenters. The van der Waals surface area contributed by atoms with E-state index in [1.165, 1.54) is 186 Å². The third-order valence-electron chi connectivity index (χ3n) is 16.9. The molecule has 9 nitrogen and oxygen atoms in total. The molecule has 0 fully saturated rings. The van der Waals surface area contributed by atoms with Crippen molar-refractivity contribution >= 4 is 19.8 Å². The summed E-state index contributed by atoms with van der Waals surface area (Å²) in [4.78, 5) is 36.0. The van der Waals surface area contributed by atoms with Crippen LogP contribution in [0.2, 0.25) is 0 Å². The summed E-state index contributed by atoms with van der Waals surface area (Å²) in [5.74, 6) is -0.789. The Morgan fingerprint density at radius 1 is 0.323 bits per heavy atom. The zero-order valence-electron chi connectivity index (χ0n) is 62.8. The van der Waals surface area contributed by atoms with Crippen LogP contribution in [0.25, 0.3) is 0 Å². The number of unbranched alkanes of at least 4 members (excludes halogenated alkanes) is 34. The molecule has 0 aromatic carbocycles. The van der Waals surface area contributed by atoms with Crippen LogP contribution in [-0.2, 0) is 32.7 Å². The Hall–Kier alpha value is -4.11. The molecule has 0 spiro atoms. The van der Waals surface area contributed by atoms with Crippen molar-refractivity contribution in [3.05, 3.63) is 146 Å². The highest BCUT2D eigenvalue weighted by Gasteiger charge is 2.27. The van der Waals surface area contributed by atoms with E-state index in [2.05, 4.69) is 160 Å². The molecular weight excluding hydrogens is 1210 g/mol. The van der Waals surface area contributed by atoms with Crippen LogP contribution in [0.4, 0.5) is 0 Å². The third-order valence-corrected chi connectivity index (χ3v) is 17.8. The van der Waals surface area contributed by atoms with Crippen LogP contribution in [-0.4, -0.2) is 74.9 Å². The van der Waals surface area contributed by atoms with Crippen molar-refractivity contribution in [1.29, 1.82) is 0 Å². The van der Waals surface area contributed by atoms with Gasteiger partial charge in [-0.1, -0.05) is 352 Å². The summed E-state index contributed by atoms with van der Waals surface area (Å²) < 4.78 is 34.8. The fourth-order valence-corrected chi connectivity index (χ4v) is 11.7. The summed E-state index contributed by atoms with van der Waals surface area (Å²) >= 11 is 0. The van der Waals surface area contributed by atoms with Gasteiger partial charge in [-0.05, 0) is 116 Å². The molecule has 0 radical (unpaired) electrons. The molecule has 2 atom stereocenters. The van der Waals surface area contributed by atoms with Gasteiger partial charge in [0.15, 0.2) is 6.10 Å². The number of esters is 2. The van der Waals surface area contributed by atoms with Gasteiger partial charge in [-0.2, -0.15) is 0 Å². The molecule has 0 heterocycles. The lowest BCUT2D eigenvalue weighted by Crippen LogP contribution is -2.37. The Bertz CT molecular complexity index is 2140. The Balaban J connectivity index is 3.98. The van der Waals surface area contributed by atoms with Gasteiger partial charge in [-0.25, -0.2) is 4.57 Å². The minimum Gasteiger partial charge on any atom is -0.462 e. The lowest BCUT2D eigenvalue weighted by Gasteiger charge is -2.24. The molecule has 0 amide bonds. The van der Waals surface area contributed by atoms with E-state index in [1.54, 1.807) is 0 Å². The van der Waals surface area contributed by atoms with Crippen LogP contribution in [0.1, 0.15) is 335 Å². The number of phosphoric acid groups is 1. The van der Waals surface area contributed by atoms with Gasteiger partial charge in [0.25, 0.3) is 0 Å². The quantitative estimate of drug-likeness (QED) is 0.0211. The average molecular weight is 1360 g/mol. The standard InChI is InChI=1S/C86H148NO8P/c1-6-8-10-12-14-16-18-20-22-24-26-28-30-32-34-36-38-40-41-42-43-44-45-47-49-51-53-55-57-59-61-63-65-67-69-71-73-75-77-79-86(89)95-84(83-94-96(90,91)93-81-80-87(3,4)5)82-92-85(88)78-76-74-72-70-68-66-64-62-60-58-56-54-52-50-48-46-39-37-35-33-31-29-27-25-23-21-19-17-15-13-11-9-7-2/h8-11,14-17,20-23,26-29,32-35,38,40,42-43,84H,6-7,12-13,18-19,24-25,30-31,36-37,39,41,44-83H2,1-5H3/p+1/b10-8-,11-9-,16-14-,17-15-,22-20-,23-21-,28-26-,29-27-,34-32-,35-33-,40-38-,43-42-. The molecule has 0 aliphatic heterocycles. The normalized spacial score (nSPS) is 13.9.